The third-order valence-electron chi connectivity index (χ3n) is 2.88. The van der Waals surface area contributed by atoms with E-state index in [0.717, 1.165) is 18.5 Å². The lowest BCUT2D eigenvalue weighted by Crippen LogP contribution is -2.16. The van der Waals surface area contributed by atoms with Crippen LogP contribution in [-0.4, -0.2) is 19.1 Å². The summed E-state index contributed by atoms with van der Waals surface area (Å²) in [4.78, 5) is 12.0. The van der Waals surface area contributed by atoms with Gasteiger partial charge in [-0.25, -0.2) is 4.79 Å². The molecule has 0 amide bonds. The highest BCUT2D eigenvalue weighted by Gasteiger charge is 2.15. The van der Waals surface area contributed by atoms with E-state index < -0.39 is 0 Å². The molecule has 1 aromatic carbocycles. The number of esters is 1. The van der Waals surface area contributed by atoms with E-state index in [2.05, 4.69) is 19.2 Å². The maximum atomic E-state index is 12.0. The van der Waals surface area contributed by atoms with Gasteiger partial charge in [-0.1, -0.05) is 26.0 Å². The predicted molar refractivity (Wildman–Crippen MR) is 74.9 cm³/mol. The molecular weight excluding hydrogens is 226 g/mol. The maximum Gasteiger partial charge on any atom is 0.340 e. The third kappa shape index (κ3) is 4.40. The standard InChI is InChI=1S/C15H23NO2/c1-11(2)9-10-12(3)18-15(17)13-7-5-6-8-14(13)16-4/h5-8,11-12,16H,9-10H2,1-4H3. The van der Waals surface area contributed by atoms with Crippen LogP contribution in [0.25, 0.3) is 0 Å². The third-order valence-corrected chi connectivity index (χ3v) is 2.88. The minimum absolute atomic E-state index is 0.0372. The molecule has 0 heterocycles. The molecule has 0 aliphatic heterocycles. The van der Waals surface area contributed by atoms with Gasteiger partial charge in [0.05, 0.1) is 11.7 Å². The van der Waals surface area contributed by atoms with Gasteiger partial charge < -0.3 is 10.1 Å². The van der Waals surface area contributed by atoms with Crippen LogP contribution in [0.2, 0.25) is 0 Å². The van der Waals surface area contributed by atoms with E-state index in [-0.39, 0.29) is 12.1 Å². The van der Waals surface area contributed by atoms with Gasteiger partial charge in [-0.3, -0.25) is 0 Å². The molecule has 1 aromatic rings. The quantitative estimate of drug-likeness (QED) is 0.781. The number of hydrogen-bond donors (Lipinski definition) is 1. The number of ether oxygens (including phenoxy) is 1. The van der Waals surface area contributed by atoms with Gasteiger partial charge in [-0.2, -0.15) is 0 Å². The Labute approximate surface area is 110 Å². The molecular formula is C15H23NO2. The molecule has 0 aromatic heterocycles. The van der Waals surface area contributed by atoms with E-state index >= 15 is 0 Å². The monoisotopic (exact) mass is 249 g/mol. The van der Waals surface area contributed by atoms with E-state index in [0.29, 0.717) is 11.5 Å². The summed E-state index contributed by atoms with van der Waals surface area (Å²) in [5, 5.41) is 3.00. The fourth-order valence-corrected chi connectivity index (χ4v) is 1.75. The summed E-state index contributed by atoms with van der Waals surface area (Å²) in [5.41, 5.74) is 1.40. The highest BCUT2D eigenvalue weighted by Crippen LogP contribution is 2.17. The number of carbonyl (C=O) groups is 1. The van der Waals surface area contributed by atoms with Crippen LogP contribution in [0.3, 0.4) is 0 Å². The first-order valence-corrected chi connectivity index (χ1v) is 6.52. The summed E-state index contributed by atoms with van der Waals surface area (Å²) in [6.07, 6.45) is 1.94. The van der Waals surface area contributed by atoms with Crippen molar-refractivity contribution in [1.29, 1.82) is 0 Å². The first-order chi connectivity index (χ1) is 8.54. The summed E-state index contributed by atoms with van der Waals surface area (Å²) in [6, 6.07) is 7.39. The Bertz CT molecular complexity index is 388. The minimum atomic E-state index is -0.254. The molecule has 3 nitrogen and oxygen atoms in total. The van der Waals surface area contributed by atoms with Crippen molar-refractivity contribution in [3.05, 3.63) is 29.8 Å². The van der Waals surface area contributed by atoms with Crippen molar-refractivity contribution in [2.75, 3.05) is 12.4 Å². The summed E-state index contributed by atoms with van der Waals surface area (Å²) in [7, 11) is 1.80. The van der Waals surface area contributed by atoms with Gasteiger partial charge in [0.1, 0.15) is 0 Å². The highest BCUT2D eigenvalue weighted by atomic mass is 16.5. The van der Waals surface area contributed by atoms with Crippen LogP contribution in [0.1, 0.15) is 44.0 Å². The van der Waals surface area contributed by atoms with Crippen molar-refractivity contribution < 1.29 is 9.53 Å². The van der Waals surface area contributed by atoms with Crippen molar-refractivity contribution in [2.24, 2.45) is 5.92 Å². The maximum absolute atomic E-state index is 12.0. The molecule has 0 radical (unpaired) electrons. The molecule has 0 aliphatic carbocycles. The number of rotatable bonds is 6. The molecule has 100 valence electrons. The van der Waals surface area contributed by atoms with Crippen LogP contribution < -0.4 is 5.32 Å². The Hall–Kier alpha value is -1.51. The van der Waals surface area contributed by atoms with Crippen LogP contribution in [0.4, 0.5) is 5.69 Å². The Kier molecular flexibility index (Phi) is 5.69. The van der Waals surface area contributed by atoms with Crippen LogP contribution in [-0.2, 0) is 4.74 Å². The second-order valence-electron chi connectivity index (χ2n) is 4.98. The molecule has 0 bridgehead atoms. The fourth-order valence-electron chi connectivity index (χ4n) is 1.75. The lowest BCUT2D eigenvalue weighted by Gasteiger charge is -2.15. The van der Waals surface area contributed by atoms with E-state index in [1.54, 1.807) is 13.1 Å². The van der Waals surface area contributed by atoms with E-state index in [1.165, 1.54) is 0 Å². The largest absolute Gasteiger partial charge is 0.459 e. The fraction of sp³-hybridized carbons (Fsp3) is 0.533. The number of benzene rings is 1. The Morgan fingerprint density at radius 3 is 2.50 bits per heavy atom. The molecule has 1 rings (SSSR count). The SMILES string of the molecule is CNc1ccccc1C(=O)OC(C)CCC(C)C. The Morgan fingerprint density at radius 2 is 1.89 bits per heavy atom. The van der Waals surface area contributed by atoms with Gasteiger partial charge in [0.2, 0.25) is 0 Å². The zero-order valence-electron chi connectivity index (χ0n) is 11.7. The number of hydrogen-bond acceptors (Lipinski definition) is 3. The van der Waals surface area contributed by atoms with Crippen LogP contribution in [0.5, 0.6) is 0 Å². The van der Waals surface area contributed by atoms with E-state index in [9.17, 15) is 4.79 Å². The summed E-state index contributed by atoms with van der Waals surface area (Å²) < 4.78 is 5.45. The topological polar surface area (TPSA) is 38.3 Å². The molecule has 0 saturated carbocycles. The molecule has 0 fully saturated rings. The normalized spacial score (nSPS) is 12.3. The van der Waals surface area contributed by atoms with Crippen molar-refractivity contribution in [1.82, 2.24) is 0 Å². The van der Waals surface area contributed by atoms with Crippen molar-refractivity contribution >= 4 is 11.7 Å². The van der Waals surface area contributed by atoms with Crippen molar-refractivity contribution in [2.45, 2.75) is 39.7 Å². The van der Waals surface area contributed by atoms with Crippen molar-refractivity contribution in [3.8, 4) is 0 Å². The van der Waals surface area contributed by atoms with Crippen LogP contribution in [0, 0.1) is 5.92 Å². The van der Waals surface area contributed by atoms with Gasteiger partial charge in [0.25, 0.3) is 0 Å². The zero-order chi connectivity index (χ0) is 13.5. The van der Waals surface area contributed by atoms with E-state index in [4.69, 9.17) is 4.74 Å². The summed E-state index contributed by atoms with van der Waals surface area (Å²) >= 11 is 0. The van der Waals surface area contributed by atoms with Crippen LogP contribution >= 0.6 is 0 Å². The lowest BCUT2D eigenvalue weighted by molar-refractivity contribution is 0.0315. The Balaban J connectivity index is 2.59. The number of anilines is 1. The second kappa shape index (κ2) is 7.04. The number of carbonyl (C=O) groups excluding carboxylic acids is 1. The molecule has 1 unspecified atom stereocenters. The predicted octanol–water partition coefficient (Wildman–Crippen LogP) is 3.71. The summed E-state index contributed by atoms with van der Waals surface area (Å²) in [6.45, 7) is 6.29. The first-order valence-electron chi connectivity index (χ1n) is 6.52. The molecule has 18 heavy (non-hydrogen) atoms. The average Bonchev–Trinajstić information content (AvgIpc) is 2.36. The van der Waals surface area contributed by atoms with Crippen molar-refractivity contribution in [3.63, 3.8) is 0 Å². The summed E-state index contributed by atoms with van der Waals surface area (Å²) in [5.74, 6) is 0.381. The number of nitrogens with one attached hydrogen (secondary N) is 1. The van der Waals surface area contributed by atoms with Gasteiger partial charge in [-0.05, 0) is 37.8 Å². The van der Waals surface area contributed by atoms with Gasteiger partial charge in [-0.15, -0.1) is 0 Å². The van der Waals surface area contributed by atoms with Gasteiger partial charge in [0, 0.05) is 12.7 Å². The second-order valence-corrected chi connectivity index (χ2v) is 4.98. The molecule has 1 atom stereocenters. The lowest BCUT2D eigenvalue weighted by atomic mass is 10.1. The smallest absolute Gasteiger partial charge is 0.340 e. The van der Waals surface area contributed by atoms with Gasteiger partial charge >= 0.3 is 5.97 Å². The average molecular weight is 249 g/mol. The number of para-hydroxylation sites is 1. The molecule has 0 spiro atoms. The first kappa shape index (κ1) is 14.6. The molecule has 3 heteroatoms. The molecule has 1 N–H and O–H groups in total. The van der Waals surface area contributed by atoms with Gasteiger partial charge in [0.15, 0.2) is 0 Å². The Morgan fingerprint density at radius 1 is 1.22 bits per heavy atom. The zero-order valence-corrected chi connectivity index (χ0v) is 11.7. The minimum Gasteiger partial charge on any atom is -0.459 e. The van der Waals surface area contributed by atoms with Crippen LogP contribution in [0.15, 0.2) is 24.3 Å². The molecule has 0 saturated heterocycles. The molecule has 0 aliphatic rings. The van der Waals surface area contributed by atoms with E-state index in [1.807, 2.05) is 25.1 Å². The highest BCUT2D eigenvalue weighted by molar-refractivity contribution is 5.95.